The molecule has 8 heteroatoms. The molecule has 1 unspecified atom stereocenters. The van der Waals surface area contributed by atoms with Crippen LogP contribution in [0.4, 0.5) is 11.4 Å². The first-order valence-electron chi connectivity index (χ1n) is 6.54. The van der Waals surface area contributed by atoms with Crippen LogP contribution in [-0.2, 0) is 4.79 Å². The third-order valence-electron chi connectivity index (χ3n) is 2.93. The smallest absolute Gasteiger partial charge is 0.292 e. The first kappa shape index (κ1) is 17.2. The predicted octanol–water partition coefficient (Wildman–Crippen LogP) is 4.42. The Morgan fingerprint density at radius 2 is 2.04 bits per heavy atom. The van der Waals surface area contributed by atoms with E-state index in [-0.39, 0.29) is 11.4 Å². The standard InChI is InChI=1S/C15H12BrClN2O4/c1-9(23-14-7-6-10(16)8-11(14)17)15(20)18-12-4-2-3-5-13(12)19(21)22/h2-9H,1H3,(H,18,20). The van der Waals surface area contributed by atoms with Crippen molar-refractivity contribution in [3.05, 3.63) is 62.1 Å². The molecule has 0 radical (unpaired) electrons. The van der Waals surface area contributed by atoms with Crippen LogP contribution in [0.15, 0.2) is 46.9 Å². The lowest BCUT2D eigenvalue weighted by molar-refractivity contribution is -0.383. The zero-order valence-corrected chi connectivity index (χ0v) is 14.3. The lowest BCUT2D eigenvalue weighted by Gasteiger charge is -2.15. The van der Waals surface area contributed by atoms with Crippen molar-refractivity contribution in [1.29, 1.82) is 0 Å². The molecule has 1 atom stereocenters. The molecule has 0 aromatic heterocycles. The maximum absolute atomic E-state index is 12.2. The van der Waals surface area contributed by atoms with Gasteiger partial charge in [-0.2, -0.15) is 0 Å². The van der Waals surface area contributed by atoms with Gasteiger partial charge in [0.15, 0.2) is 6.10 Å². The van der Waals surface area contributed by atoms with Crippen LogP contribution in [0, 0.1) is 10.1 Å². The molecule has 0 spiro atoms. The summed E-state index contributed by atoms with van der Waals surface area (Å²) < 4.78 is 6.28. The number of anilines is 1. The average molecular weight is 400 g/mol. The molecule has 2 aromatic carbocycles. The van der Waals surface area contributed by atoms with Crippen molar-refractivity contribution in [2.75, 3.05) is 5.32 Å². The van der Waals surface area contributed by atoms with Crippen LogP contribution in [0.1, 0.15) is 6.92 Å². The highest BCUT2D eigenvalue weighted by Crippen LogP contribution is 2.29. The maximum atomic E-state index is 12.2. The van der Waals surface area contributed by atoms with Crippen molar-refractivity contribution in [2.45, 2.75) is 13.0 Å². The van der Waals surface area contributed by atoms with Gasteiger partial charge in [0, 0.05) is 10.5 Å². The first-order valence-corrected chi connectivity index (χ1v) is 7.71. The summed E-state index contributed by atoms with van der Waals surface area (Å²) in [5.74, 6) is -0.168. The van der Waals surface area contributed by atoms with Crippen LogP contribution < -0.4 is 10.1 Å². The fraction of sp³-hybridized carbons (Fsp3) is 0.133. The summed E-state index contributed by atoms with van der Waals surface area (Å²) in [5, 5.41) is 13.8. The highest BCUT2D eigenvalue weighted by molar-refractivity contribution is 9.10. The molecular weight excluding hydrogens is 388 g/mol. The van der Waals surface area contributed by atoms with Crippen molar-refractivity contribution < 1.29 is 14.5 Å². The summed E-state index contributed by atoms with van der Waals surface area (Å²) in [7, 11) is 0. The fourth-order valence-electron chi connectivity index (χ4n) is 1.79. The summed E-state index contributed by atoms with van der Waals surface area (Å²) in [6, 6.07) is 10.9. The van der Waals surface area contributed by atoms with Gasteiger partial charge >= 0.3 is 0 Å². The first-order chi connectivity index (χ1) is 10.9. The van der Waals surface area contributed by atoms with E-state index >= 15 is 0 Å². The SMILES string of the molecule is CC(Oc1ccc(Br)cc1Cl)C(=O)Nc1ccccc1[N+](=O)[O-]. The molecule has 0 saturated heterocycles. The van der Waals surface area contributed by atoms with Crippen molar-refractivity contribution in [3.63, 3.8) is 0 Å². The number of carbonyl (C=O) groups is 1. The largest absolute Gasteiger partial charge is 0.479 e. The van der Waals surface area contributed by atoms with E-state index in [9.17, 15) is 14.9 Å². The molecule has 0 fully saturated rings. The Labute approximate surface area is 145 Å². The van der Waals surface area contributed by atoms with Crippen molar-refractivity contribution in [1.82, 2.24) is 0 Å². The summed E-state index contributed by atoms with van der Waals surface area (Å²) in [4.78, 5) is 22.5. The quantitative estimate of drug-likeness (QED) is 0.596. The molecule has 23 heavy (non-hydrogen) atoms. The summed E-state index contributed by atoms with van der Waals surface area (Å²) in [6.07, 6.45) is -0.881. The molecule has 0 aliphatic rings. The number of ether oxygens (including phenoxy) is 1. The second-order valence-corrected chi connectivity index (χ2v) is 5.92. The van der Waals surface area contributed by atoms with Crippen molar-refractivity contribution >= 4 is 44.8 Å². The van der Waals surface area contributed by atoms with Crippen molar-refractivity contribution in [3.8, 4) is 5.75 Å². The summed E-state index contributed by atoms with van der Waals surface area (Å²) >= 11 is 9.30. The number of rotatable bonds is 5. The third-order valence-corrected chi connectivity index (χ3v) is 3.71. The fourth-order valence-corrected chi connectivity index (χ4v) is 2.51. The summed E-state index contributed by atoms with van der Waals surface area (Å²) in [6.45, 7) is 1.53. The molecule has 6 nitrogen and oxygen atoms in total. The number of nitrogens with one attached hydrogen (secondary N) is 1. The van der Waals surface area contributed by atoms with Gasteiger partial charge in [0.25, 0.3) is 11.6 Å². The lowest BCUT2D eigenvalue weighted by atomic mass is 10.2. The minimum absolute atomic E-state index is 0.111. The van der Waals surface area contributed by atoms with Crippen LogP contribution in [0.25, 0.3) is 0 Å². The number of benzene rings is 2. The minimum Gasteiger partial charge on any atom is -0.479 e. The van der Waals surface area contributed by atoms with E-state index in [1.807, 2.05) is 0 Å². The topological polar surface area (TPSA) is 81.5 Å². The Morgan fingerprint density at radius 3 is 2.70 bits per heavy atom. The number of nitro groups is 1. The van der Waals surface area contributed by atoms with Crippen LogP contribution in [-0.4, -0.2) is 16.9 Å². The zero-order chi connectivity index (χ0) is 17.0. The predicted molar refractivity (Wildman–Crippen MR) is 91.0 cm³/mol. The highest BCUT2D eigenvalue weighted by atomic mass is 79.9. The molecule has 2 aromatic rings. The molecule has 1 amide bonds. The molecule has 2 rings (SSSR count). The average Bonchev–Trinajstić information content (AvgIpc) is 2.50. The zero-order valence-electron chi connectivity index (χ0n) is 12.0. The van der Waals surface area contributed by atoms with E-state index in [0.29, 0.717) is 10.8 Å². The van der Waals surface area contributed by atoms with Gasteiger partial charge in [0.2, 0.25) is 0 Å². The van der Waals surface area contributed by atoms with Gasteiger partial charge < -0.3 is 10.1 Å². The van der Waals surface area contributed by atoms with Gasteiger partial charge in [0.05, 0.1) is 9.95 Å². The van der Waals surface area contributed by atoms with Gasteiger partial charge in [-0.1, -0.05) is 39.7 Å². The van der Waals surface area contributed by atoms with Gasteiger partial charge in [0.1, 0.15) is 11.4 Å². The highest BCUT2D eigenvalue weighted by Gasteiger charge is 2.20. The number of hydrogen-bond donors (Lipinski definition) is 1. The Morgan fingerprint density at radius 1 is 1.35 bits per heavy atom. The molecule has 0 aliphatic heterocycles. The lowest BCUT2D eigenvalue weighted by Crippen LogP contribution is -2.30. The van der Waals surface area contributed by atoms with E-state index < -0.39 is 16.9 Å². The van der Waals surface area contributed by atoms with E-state index in [1.165, 1.54) is 25.1 Å². The molecule has 1 N–H and O–H groups in total. The Kier molecular flexibility index (Phi) is 5.57. The van der Waals surface area contributed by atoms with E-state index in [2.05, 4.69) is 21.2 Å². The monoisotopic (exact) mass is 398 g/mol. The van der Waals surface area contributed by atoms with Crippen LogP contribution in [0.3, 0.4) is 0 Å². The number of nitrogens with zero attached hydrogens (tertiary/aromatic N) is 1. The van der Waals surface area contributed by atoms with E-state index in [4.69, 9.17) is 16.3 Å². The minimum atomic E-state index is -0.881. The van der Waals surface area contributed by atoms with Gasteiger partial charge in [-0.05, 0) is 31.2 Å². The number of para-hydroxylation sites is 2. The molecule has 0 bridgehead atoms. The van der Waals surface area contributed by atoms with Crippen LogP contribution >= 0.6 is 27.5 Å². The second-order valence-electron chi connectivity index (χ2n) is 4.60. The molecule has 0 aliphatic carbocycles. The molecule has 0 heterocycles. The Balaban J connectivity index is 2.10. The van der Waals surface area contributed by atoms with Gasteiger partial charge in [-0.25, -0.2) is 0 Å². The third kappa shape index (κ3) is 4.43. The Hall–Kier alpha value is -2.12. The number of halogens is 2. The maximum Gasteiger partial charge on any atom is 0.292 e. The number of nitro benzene ring substituents is 1. The van der Waals surface area contributed by atoms with Gasteiger partial charge in [-0.3, -0.25) is 14.9 Å². The number of amides is 1. The number of hydrogen-bond acceptors (Lipinski definition) is 4. The normalized spacial score (nSPS) is 11.6. The van der Waals surface area contributed by atoms with Crippen LogP contribution in [0.5, 0.6) is 5.75 Å². The molecule has 120 valence electrons. The van der Waals surface area contributed by atoms with Crippen molar-refractivity contribution in [2.24, 2.45) is 0 Å². The van der Waals surface area contributed by atoms with Gasteiger partial charge in [-0.15, -0.1) is 0 Å². The van der Waals surface area contributed by atoms with Crippen LogP contribution in [0.2, 0.25) is 5.02 Å². The van der Waals surface area contributed by atoms with E-state index in [1.54, 1.807) is 24.3 Å². The Bertz CT molecular complexity index is 754. The molecule has 0 saturated carbocycles. The second kappa shape index (κ2) is 7.43. The number of carbonyl (C=O) groups excluding carboxylic acids is 1. The molecular formula is C15H12BrClN2O4. The van der Waals surface area contributed by atoms with E-state index in [0.717, 1.165) is 4.47 Å². The summed E-state index contributed by atoms with van der Waals surface area (Å²) in [5.41, 5.74) is -0.0745.